The number of aromatic nitrogens is 2. The van der Waals surface area contributed by atoms with Gasteiger partial charge in [-0.15, -0.1) is 0 Å². The topological polar surface area (TPSA) is 66.0 Å². The maximum absolute atomic E-state index is 10.4. The molecule has 0 aliphatic heterocycles. The number of carbonyl (C=O) groups is 1. The summed E-state index contributed by atoms with van der Waals surface area (Å²) in [4.78, 5) is 17.8. The molecule has 1 heterocycles. The van der Waals surface area contributed by atoms with Crippen LogP contribution in [0.25, 0.3) is 0 Å². The zero-order chi connectivity index (χ0) is 10.7. The largest absolute Gasteiger partial charge is 0.481 e. The van der Waals surface area contributed by atoms with Crippen LogP contribution in [0.1, 0.15) is 43.4 Å². The summed E-state index contributed by atoms with van der Waals surface area (Å²) in [5, 5.41) is 8.52. The summed E-state index contributed by atoms with van der Waals surface area (Å²) in [6, 6.07) is 0. The van der Waals surface area contributed by atoms with E-state index >= 15 is 0 Å². The molecule has 14 heavy (non-hydrogen) atoms. The highest BCUT2D eigenvalue weighted by atomic mass is 16.4. The third-order valence-corrected chi connectivity index (χ3v) is 2.09. The third-order valence-electron chi connectivity index (χ3n) is 2.09. The van der Waals surface area contributed by atoms with Gasteiger partial charge >= 0.3 is 5.97 Å². The number of H-pyrrole nitrogens is 1. The molecule has 0 amide bonds. The van der Waals surface area contributed by atoms with Crippen LogP contribution in [0.4, 0.5) is 0 Å². The zero-order valence-corrected chi connectivity index (χ0v) is 8.79. The highest BCUT2D eigenvalue weighted by Gasteiger charge is 2.10. The van der Waals surface area contributed by atoms with E-state index < -0.39 is 5.97 Å². The van der Waals surface area contributed by atoms with Crippen LogP contribution < -0.4 is 0 Å². The first-order valence-corrected chi connectivity index (χ1v) is 4.78. The number of hydrogen-bond acceptors (Lipinski definition) is 2. The number of nitrogens with zero attached hydrogens (tertiary/aromatic N) is 1. The van der Waals surface area contributed by atoms with Gasteiger partial charge in [0.25, 0.3) is 0 Å². The van der Waals surface area contributed by atoms with Crippen molar-refractivity contribution < 1.29 is 9.90 Å². The van der Waals surface area contributed by atoms with Gasteiger partial charge in [-0.25, -0.2) is 4.98 Å². The lowest BCUT2D eigenvalue weighted by atomic mass is 10.1. The molecule has 2 N–H and O–H groups in total. The molecule has 0 fully saturated rings. The van der Waals surface area contributed by atoms with Gasteiger partial charge in [0.15, 0.2) is 0 Å². The summed E-state index contributed by atoms with van der Waals surface area (Å²) in [5.74, 6) is 0.364. The van der Waals surface area contributed by atoms with Gasteiger partial charge in [0.2, 0.25) is 0 Å². The highest BCUT2D eigenvalue weighted by molar-refractivity contribution is 5.66. The molecule has 1 aromatic rings. The lowest BCUT2D eigenvalue weighted by Crippen LogP contribution is -1.99. The van der Waals surface area contributed by atoms with E-state index in [0.717, 1.165) is 17.2 Å². The van der Waals surface area contributed by atoms with E-state index in [9.17, 15) is 4.79 Å². The fraction of sp³-hybridized carbons (Fsp3) is 0.600. The van der Waals surface area contributed by atoms with Crippen molar-refractivity contribution in [1.29, 1.82) is 0 Å². The zero-order valence-electron chi connectivity index (χ0n) is 8.79. The van der Waals surface area contributed by atoms with Crippen molar-refractivity contribution in [1.82, 2.24) is 9.97 Å². The maximum Gasteiger partial charge on any atom is 0.303 e. The van der Waals surface area contributed by atoms with Gasteiger partial charge in [-0.05, 0) is 12.8 Å². The quantitative estimate of drug-likeness (QED) is 0.772. The van der Waals surface area contributed by atoms with E-state index in [1.807, 2.05) is 6.92 Å². The van der Waals surface area contributed by atoms with E-state index in [4.69, 9.17) is 5.11 Å². The van der Waals surface area contributed by atoms with E-state index in [2.05, 4.69) is 23.8 Å². The molecule has 78 valence electrons. The molecule has 0 aromatic carbocycles. The van der Waals surface area contributed by atoms with E-state index in [1.54, 1.807) is 0 Å². The van der Waals surface area contributed by atoms with Crippen LogP contribution in [0, 0.1) is 6.92 Å². The number of carboxylic acids is 1. The number of aromatic amines is 1. The molecule has 1 aromatic heterocycles. The Bertz CT molecular complexity index is 329. The van der Waals surface area contributed by atoms with E-state index in [-0.39, 0.29) is 6.42 Å². The fourth-order valence-corrected chi connectivity index (χ4v) is 1.44. The molecule has 0 bridgehead atoms. The highest BCUT2D eigenvalue weighted by Crippen LogP contribution is 2.16. The summed E-state index contributed by atoms with van der Waals surface area (Å²) in [6.45, 7) is 6.11. The smallest absolute Gasteiger partial charge is 0.303 e. The normalized spacial score (nSPS) is 10.9. The van der Waals surface area contributed by atoms with Crippen molar-refractivity contribution in [3.05, 3.63) is 17.2 Å². The van der Waals surface area contributed by atoms with Gasteiger partial charge in [0.05, 0.1) is 12.1 Å². The number of aliphatic carboxylic acids is 1. The number of hydrogen-bond donors (Lipinski definition) is 2. The monoisotopic (exact) mass is 196 g/mol. The van der Waals surface area contributed by atoms with Crippen molar-refractivity contribution in [2.75, 3.05) is 0 Å². The predicted molar refractivity (Wildman–Crippen MR) is 53.4 cm³/mol. The first-order valence-electron chi connectivity index (χ1n) is 4.78. The van der Waals surface area contributed by atoms with Gasteiger partial charge in [0.1, 0.15) is 5.82 Å². The Hall–Kier alpha value is -1.32. The van der Waals surface area contributed by atoms with Crippen LogP contribution in [0.5, 0.6) is 0 Å². The molecule has 0 atom stereocenters. The summed E-state index contributed by atoms with van der Waals surface area (Å²) in [6.07, 6.45) is 0.605. The number of imidazole rings is 1. The van der Waals surface area contributed by atoms with Gasteiger partial charge in [0, 0.05) is 12.1 Å². The molecule has 0 aliphatic carbocycles. The van der Waals surface area contributed by atoms with Gasteiger partial charge in [-0.2, -0.15) is 0 Å². The first-order chi connectivity index (χ1) is 6.50. The van der Waals surface area contributed by atoms with Crippen molar-refractivity contribution >= 4 is 5.97 Å². The van der Waals surface area contributed by atoms with Crippen LogP contribution >= 0.6 is 0 Å². The van der Waals surface area contributed by atoms with Crippen LogP contribution in [0.15, 0.2) is 0 Å². The van der Waals surface area contributed by atoms with Gasteiger partial charge in [-0.1, -0.05) is 13.8 Å². The van der Waals surface area contributed by atoms with Crippen molar-refractivity contribution in [3.8, 4) is 0 Å². The van der Waals surface area contributed by atoms with Crippen LogP contribution in [-0.4, -0.2) is 21.0 Å². The Balaban J connectivity index is 2.71. The summed E-state index contributed by atoms with van der Waals surface area (Å²) >= 11 is 0. The molecule has 0 spiro atoms. The van der Waals surface area contributed by atoms with E-state index in [1.165, 1.54) is 0 Å². The first kappa shape index (κ1) is 10.8. The molecule has 4 heteroatoms. The third kappa shape index (κ3) is 2.58. The fourth-order valence-electron chi connectivity index (χ4n) is 1.44. The second-order valence-corrected chi connectivity index (χ2v) is 3.74. The van der Waals surface area contributed by atoms with Crippen molar-refractivity contribution in [2.45, 2.75) is 39.5 Å². The predicted octanol–water partition coefficient (Wildman–Crippen LogP) is 1.86. The Morgan fingerprint density at radius 2 is 2.21 bits per heavy atom. The molecule has 0 unspecified atom stereocenters. The van der Waals surface area contributed by atoms with Crippen LogP contribution in [0.3, 0.4) is 0 Å². The number of rotatable bonds is 4. The molecular weight excluding hydrogens is 180 g/mol. The lowest BCUT2D eigenvalue weighted by Gasteiger charge is -1.99. The van der Waals surface area contributed by atoms with Gasteiger partial charge in [-0.3, -0.25) is 4.79 Å². The Labute approximate surface area is 83.4 Å². The molecular formula is C10H16N2O2. The average molecular weight is 196 g/mol. The van der Waals surface area contributed by atoms with E-state index in [0.29, 0.717) is 12.3 Å². The second-order valence-electron chi connectivity index (χ2n) is 3.74. The van der Waals surface area contributed by atoms with Gasteiger partial charge < -0.3 is 10.1 Å². The average Bonchev–Trinajstić information content (AvgIpc) is 2.43. The minimum atomic E-state index is -0.787. The number of nitrogens with one attached hydrogen (secondary N) is 1. The standard InChI is InChI=1S/C10H16N2O2/c1-6(2)10-7(3)11-8(12-10)4-5-9(13)14/h6H,4-5H2,1-3H3,(H,11,12)(H,13,14). The molecule has 0 saturated heterocycles. The Morgan fingerprint density at radius 3 is 2.64 bits per heavy atom. The summed E-state index contributed by atoms with van der Waals surface area (Å²) in [7, 11) is 0. The van der Waals surface area contributed by atoms with Crippen LogP contribution in [0.2, 0.25) is 0 Å². The Kier molecular flexibility index (Phi) is 3.28. The molecule has 0 radical (unpaired) electrons. The maximum atomic E-state index is 10.4. The van der Waals surface area contributed by atoms with Crippen molar-refractivity contribution in [2.24, 2.45) is 0 Å². The molecule has 0 aliphatic rings. The molecule has 1 rings (SSSR count). The summed E-state index contributed by atoms with van der Waals surface area (Å²) < 4.78 is 0. The second kappa shape index (κ2) is 4.26. The Morgan fingerprint density at radius 1 is 1.57 bits per heavy atom. The number of carboxylic acid groups (broad SMARTS) is 1. The lowest BCUT2D eigenvalue weighted by molar-refractivity contribution is -0.137. The minimum absolute atomic E-state index is 0.129. The SMILES string of the molecule is Cc1[nH]c(CCC(=O)O)nc1C(C)C. The van der Waals surface area contributed by atoms with Crippen molar-refractivity contribution in [3.63, 3.8) is 0 Å². The van der Waals surface area contributed by atoms with Crippen LogP contribution in [-0.2, 0) is 11.2 Å². The molecule has 0 saturated carbocycles. The summed E-state index contributed by atoms with van der Waals surface area (Å²) in [5.41, 5.74) is 2.07. The minimum Gasteiger partial charge on any atom is -0.481 e. The number of aryl methyl sites for hydroxylation is 2. The molecule has 4 nitrogen and oxygen atoms in total.